The molecule has 1 heterocycles. The Morgan fingerprint density at radius 2 is 1.81 bits per heavy atom. The molecule has 2 aromatic carbocycles. The smallest absolute Gasteiger partial charge is 0.255 e. The molecule has 3 aromatic rings. The SMILES string of the molecule is Cc1ccccc1OCC#CCNC(=O)c1cnn(-c2ccccc2)c1C. The molecular formula is C22H21N3O2. The lowest BCUT2D eigenvalue weighted by Crippen LogP contribution is -2.24. The Balaban J connectivity index is 1.52. The van der Waals surface area contributed by atoms with Crippen LogP contribution in [-0.2, 0) is 0 Å². The summed E-state index contributed by atoms with van der Waals surface area (Å²) in [7, 11) is 0. The highest BCUT2D eigenvalue weighted by Gasteiger charge is 2.14. The van der Waals surface area contributed by atoms with Gasteiger partial charge in [0.2, 0.25) is 0 Å². The molecule has 1 amide bonds. The molecule has 27 heavy (non-hydrogen) atoms. The van der Waals surface area contributed by atoms with Crippen LogP contribution in [-0.4, -0.2) is 28.8 Å². The van der Waals surface area contributed by atoms with Crippen molar-refractivity contribution in [2.75, 3.05) is 13.2 Å². The van der Waals surface area contributed by atoms with E-state index in [1.807, 2.05) is 68.4 Å². The van der Waals surface area contributed by atoms with Crippen LogP contribution in [0.1, 0.15) is 21.6 Å². The second-order valence-electron chi connectivity index (χ2n) is 5.98. The maximum Gasteiger partial charge on any atom is 0.255 e. The molecule has 0 fully saturated rings. The van der Waals surface area contributed by atoms with Crippen molar-refractivity contribution in [2.24, 2.45) is 0 Å². The fourth-order valence-corrected chi connectivity index (χ4v) is 2.63. The van der Waals surface area contributed by atoms with E-state index in [2.05, 4.69) is 22.3 Å². The maximum absolute atomic E-state index is 12.3. The van der Waals surface area contributed by atoms with E-state index in [-0.39, 0.29) is 19.1 Å². The Labute approximate surface area is 159 Å². The Morgan fingerprint density at radius 3 is 2.59 bits per heavy atom. The molecule has 0 aliphatic heterocycles. The highest BCUT2D eigenvalue weighted by Crippen LogP contribution is 2.15. The van der Waals surface area contributed by atoms with Gasteiger partial charge in [-0.05, 0) is 37.6 Å². The lowest BCUT2D eigenvalue weighted by atomic mass is 10.2. The van der Waals surface area contributed by atoms with E-state index in [0.29, 0.717) is 5.56 Å². The number of para-hydroxylation sites is 2. The lowest BCUT2D eigenvalue weighted by molar-refractivity contribution is 0.0958. The van der Waals surface area contributed by atoms with Crippen LogP contribution in [0.5, 0.6) is 5.75 Å². The third-order valence-electron chi connectivity index (χ3n) is 4.11. The average Bonchev–Trinajstić information content (AvgIpc) is 3.08. The number of amides is 1. The zero-order valence-corrected chi connectivity index (χ0v) is 15.4. The van der Waals surface area contributed by atoms with E-state index in [9.17, 15) is 4.79 Å². The van der Waals surface area contributed by atoms with Crippen molar-refractivity contribution in [3.63, 3.8) is 0 Å². The van der Waals surface area contributed by atoms with Crippen molar-refractivity contribution in [3.05, 3.63) is 77.6 Å². The van der Waals surface area contributed by atoms with Gasteiger partial charge in [-0.1, -0.05) is 48.2 Å². The van der Waals surface area contributed by atoms with Gasteiger partial charge >= 0.3 is 0 Å². The number of hydrogen-bond donors (Lipinski definition) is 1. The molecular weight excluding hydrogens is 338 g/mol. The predicted molar refractivity (Wildman–Crippen MR) is 105 cm³/mol. The van der Waals surface area contributed by atoms with Gasteiger partial charge in [-0.25, -0.2) is 4.68 Å². The summed E-state index contributed by atoms with van der Waals surface area (Å²) in [4.78, 5) is 12.3. The third kappa shape index (κ3) is 4.56. The molecule has 1 aromatic heterocycles. The minimum Gasteiger partial charge on any atom is -0.481 e. The lowest BCUT2D eigenvalue weighted by Gasteiger charge is -2.05. The van der Waals surface area contributed by atoms with Crippen molar-refractivity contribution in [1.82, 2.24) is 15.1 Å². The van der Waals surface area contributed by atoms with Crippen LogP contribution < -0.4 is 10.1 Å². The fourth-order valence-electron chi connectivity index (χ4n) is 2.63. The van der Waals surface area contributed by atoms with Crippen LogP contribution in [0.2, 0.25) is 0 Å². The molecule has 0 bridgehead atoms. The van der Waals surface area contributed by atoms with E-state index in [1.54, 1.807) is 10.9 Å². The topological polar surface area (TPSA) is 56.1 Å². The van der Waals surface area contributed by atoms with Crippen molar-refractivity contribution in [1.29, 1.82) is 0 Å². The number of aryl methyl sites for hydroxylation is 1. The number of carbonyl (C=O) groups excluding carboxylic acids is 1. The fraction of sp³-hybridized carbons (Fsp3) is 0.182. The van der Waals surface area contributed by atoms with Crippen LogP contribution >= 0.6 is 0 Å². The second-order valence-corrected chi connectivity index (χ2v) is 5.98. The minimum absolute atomic E-state index is 0.191. The number of hydrogen-bond acceptors (Lipinski definition) is 3. The number of ether oxygens (including phenoxy) is 1. The van der Waals surface area contributed by atoms with Crippen molar-refractivity contribution >= 4 is 5.91 Å². The number of aromatic nitrogens is 2. The number of nitrogens with zero attached hydrogens (tertiary/aromatic N) is 2. The van der Waals surface area contributed by atoms with Gasteiger partial charge < -0.3 is 10.1 Å². The van der Waals surface area contributed by atoms with Gasteiger partial charge in [0.1, 0.15) is 12.4 Å². The highest BCUT2D eigenvalue weighted by molar-refractivity contribution is 5.95. The van der Waals surface area contributed by atoms with Crippen LogP contribution in [0, 0.1) is 25.7 Å². The first kappa shape index (κ1) is 18.3. The third-order valence-corrected chi connectivity index (χ3v) is 4.11. The molecule has 0 spiro atoms. The molecule has 0 unspecified atom stereocenters. The van der Waals surface area contributed by atoms with Gasteiger partial charge in [-0.2, -0.15) is 5.10 Å². The standard InChI is InChI=1S/C22H21N3O2/c1-17-10-6-7-13-21(17)27-15-9-8-14-23-22(26)20-16-24-25(18(20)2)19-11-4-3-5-12-19/h3-7,10-13,16H,14-15H2,1-2H3,(H,23,26). The van der Waals surface area contributed by atoms with E-state index >= 15 is 0 Å². The van der Waals surface area contributed by atoms with Gasteiger partial charge in [-0.15, -0.1) is 0 Å². The molecule has 0 radical (unpaired) electrons. The zero-order valence-electron chi connectivity index (χ0n) is 15.4. The van der Waals surface area contributed by atoms with Gasteiger partial charge in [-0.3, -0.25) is 4.79 Å². The number of benzene rings is 2. The molecule has 0 saturated heterocycles. The summed E-state index contributed by atoms with van der Waals surface area (Å²) in [5.74, 6) is 6.43. The van der Waals surface area contributed by atoms with Crippen molar-refractivity contribution in [2.45, 2.75) is 13.8 Å². The van der Waals surface area contributed by atoms with E-state index in [0.717, 1.165) is 22.7 Å². The van der Waals surface area contributed by atoms with Gasteiger partial charge in [0.25, 0.3) is 5.91 Å². The van der Waals surface area contributed by atoms with Crippen LogP contribution in [0.15, 0.2) is 60.8 Å². The van der Waals surface area contributed by atoms with Crippen molar-refractivity contribution in [3.8, 4) is 23.3 Å². The van der Waals surface area contributed by atoms with Crippen LogP contribution in [0.4, 0.5) is 0 Å². The molecule has 0 aliphatic carbocycles. The molecule has 0 saturated carbocycles. The minimum atomic E-state index is -0.191. The Bertz CT molecular complexity index is 982. The molecule has 136 valence electrons. The predicted octanol–water partition coefficient (Wildman–Crippen LogP) is 3.30. The summed E-state index contributed by atoms with van der Waals surface area (Å²) in [5.41, 5.74) is 3.31. The van der Waals surface area contributed by atoms with Gasteiger partial charge in [0.15, 0.2) is 0 Å². The monoisotopic (exact) mass is 359 g/mol. The first-order valence-corrected chi connectivity index (χ1v) is 8.69. The van der Waals surface area contributed by atoms with Gasteiger partial charge in [0, 0.05) is 0 Å². The zero-order chi connectivity index (χ0) is 19.1. The number of rotatable bonds is 5. The molecule has 3 rings (SSSR count). The summed E-state index contributed by atoms with van der Waals surface area (Å²) in [6, 6.07) is 17.5. The Kier molecular flexibility index (Phi) is 5.91. The largest absolute Gasteiger partial charge is 0.481 e. The highest BCUT2D eigenvalue weighted by atomic mass is 16.5. The Morgan fingerprint density at radius 1 is 1.07 bits per heavy atom. The van der Waals surface area contributed by atoms with Crippen LogP contribution in [0.3, 0.4) is 0 Å². The first-order chi connectivity index (χ1) is 13.2. The average molecular weight is 359 g/mol. The number of carbonyl (C=O) groups is 1. The molecule has 1 N–H and O–H groups in total. The Hall–Kier alpha value is -3.52. The van der Waals surface area contributed by atoms with Crippen molar-refractivity contribution < 1.29 is 9.53 Å². The molecule has 5 heteroatoms. The van der Waals surface area contributed by atoms with Crippen LogP contribution in [0.25, 0.3) is 5.69 Å². The molecule has 0 aliphatic rings. The summed E-state index contributed by atoms with van der Waals surface area (Å²) in [5, 5.41) is 7.10. The van der Waals surface area contributed by atoms with E-state index in [1.165, 1.54) is 0 Å². The second kappa shape index (κ2) is 8.72. The summed E-state index contributed by atoms with van der Waals surface area (Å²) >= 11 is 0. The van der Waals surface area contributed by atoms with E-state index in [4.69, 9.17) is 4.74 Å². The molecule has 5 nitrogen and oxygen atoms in total. The number of nitrogens with one attached hydrogen (secondary N) is 1. The molecule has 0 atom stereocenters. The normalized spacial score (nSPS) is 10.0. The quantitative estimate of drug-likeness (QED) is 0.711. The first-order valence-electron chi connectivity index (χ1n) is 8.69. The summed E-state index contributed by atoms with van der Waals surface area (Å²) < 4.78 is 7.35. The summed E-state index contributed by atoms with van der Waals surface area (Å²) in [6.07, 6.45) is 1.58. The van der Waals surface area contributed by atoms with Gasteiger partial charge in [0.05, 0.1) is 29.7 Å². The maximum atomic E-state index is 12.3. The van der Waals surface area contributed by atoms with E-state index < -0.39 is 0 Å². The summed E-state index contributed by atoms with van der Waals surface area (Å²) in [6.45, 7) is 4.40.